The van der Waals surface area contributed by atoms with E-state index in [9.17, 15) is 18.0 Å². The van der Waals surface area contributed by atoms with Gasteiger partial charge in [0.2, 0.25) is 0 Å². The summed E-state index contributed by atoms with van der Waals surface area (Å²) in [4.78, 5) is 36.7. The molecule has 0 bridgehead atoms. The molecule has 11 nitrogen and oxygen atoms in total. The zero-order valence-electron chi connectivity index (χ0n) is 24.5. The Balaban J connectivity index is 1.49. The summed E-state index contributed by atoms with van der Waals surface area (Å²) in [7, 11) is -1.43. The molecule has 0 aliphatic carbocycles. The van der Waals surface area contributed by atoms with Crippen LogP contribution in [0.5, 0.6) is 11.5 Å². The average Bonchev–Trinajstić information content (AvgIpc) is 3.36. The Morgan fingerprint density at radius 3 is 2.20 bits per heavy atom. The van der Waals surface area contributed by atoms with Crippen LogP contribution >= 0.6 is 11.6 Å². The number of ether oxygens (including phenoxy) is 2. The lowest BCUT2D eigenvalue weighted by Crippen LogP contribution is -2.51. The summed E-state index contributed by atoms with van der Waals surface area (Å²) in [5.74, 6) is 0.581. The number of piperazine rings is 1. The summed E-state index contributed by atoms with van der Waals surface area (Å²) in [6.07, 6.45) is 3.44. The molecular formula is C32H30ClN5O6S. The maximum absolute atomic E-state index is 14.5. The third kappa shape index (κ3) is 5.62. The molecule has 13 heteroatoms. The maximum Gasteiger partial charge on any atom is 0.344 e. The second-order valence-electron chi connectivity index (χ2n) is 10.4. The monoisotopic (exact) mass is 647 g/mol. The molecule has 1 aliphatic rings. The first-order chi connectivity index (χ1) is 21.7. The summed E-state index contributed by atoms with van der Waals surface area (Å²) in [5.41, 5.74) is 0.835. The predicted octanol–water partition coefficient (Wildman–Crippen LogP) is 4.04. The third-order valence-corrected chi connectivity index (χ3v) is 9.85. The molecular weight excluding hydrogens is 618 g/mol. The molecule has 0 spiro atoms. The van der Waals surface area contributed by atoms with E-state index in [1.807, 2.05) is 12.1 Å². The van der Waals surface area contributed by atoms with E-state index < -0.39 is 21.8 Å². The van der Waals surface area contributed by atoms with Crippen LogP contribution in [0.4, 0.5) is 5.69 Å². The highest BCUT2D eigenvalue weighted by Crippen LogP contribution is 2.31. The summed E-state index contributed by atoms with van der Waals surface area (Å²) in [5, 5.41) is 0.276. The molecule has 6 rings (SSSR count). The van der Waals surface area contributed by atoms with Gasteiger partial charge < -0.3 is 19.3 Å². The van der Waals surface area contributed by atoms with Crippen LogP contribution in [-0.4, -0.2) is 73.1 Å². The van der Waals surface area contributed by atoms with Gasteiger partial charge >= 0.3 is 5.69 Å². The van der Waals surface area contributed by atoms with Crippen LogP contribution in [-0.2, 0) is 14.8 Å². The minimum atomic E-state index is -4.41. The highest BCUT2D eigenvalue weighted by Gasteiger charge is 2.36. The fourth-order valence-corrected chi connectivity index (χ4v) is 7.19. The van der Waals surface area contributed by atoms with Crippen molar-refractivity contribution >= 4 is 44.3 Å². The number of fused-ring (bicyclic) bond motifs is 1. The normalized spacial score (nSPS) is 14.4. The lowest BCUT2D eigenvalue weighted by Gasteiger charge is -2.37. The first-order valence-electron chi connectivity index (χ1n) is 14.1. The van der Waals surface area contributed by atoms with Gasteiger partial charge in [0, 0.05) is 49.3 Å². The van der Waals surface area contributed by atoms with E-state index in [1.54, 1.807) is 41.6 Å². The Hall–Kier alpha value is -4.81. The van der Waals surface area contributed by atoms with Crippen LogP contribution in [0.15, 0.2) is 101 Å². The van der Waals surface area contributed by atoms with Crippen LogP contribution in [0.2, 0.25) is 5.02 Å². The van der Waals surface area contributed by atoms with Crippen LogP contribution in [0.3, 0.4) is 0 Å². The molecule has 1 saturated heterocycles. The van der Waals surface area contributed by atoms with Crippen molar-refractivity contribution in [2.45, 2.75) is 10.9 Å². The Kier molecular flexibility index (Phi) is 8.26. The zero-order chi connectivity index (χ0) is 31.7. The average molecular weight is 648 g/mol. The number of carbonyl (C=O) groups is 1. The fraction of sp³-hybridized carbons (Fsp3) is 0.219. The minimum absolute atomic E-state index is 0.0865. The molecule has 45 heavy (non-hydrogen) atoms. The van der Waals surface area contributed by atoms with Gasteiger partial charge in [-0.15, -0.1) is 0 Å². The molecule has 3 heterocycles. The molecule has 2 aromatic heterocycles. The Morgan fingerprint density at radius 1 is 0.844 bits per heavy atom. The molecule has 1 atom stereocenters. The van der Waals surface area contributed by atoms with E-state index in [1.165, 1.54) is 61.3 Å². The summed E-state index contributed by atoms with van der Waals surface area (Å²) in [6.45, 7) is 1.91. The number of benzene rings is 3. The number of hydrogen-bond acceptors (Lipinski definition) is 8. The standard InChI is InChI=1S/C32H30ClN5O6S/c1-43-25-7-9-27(10-8-25)45(41,42)38-28-11-6-23(33)21-29(28)37(32(38)40)30(22-4-3-5-26(20-22)44-2)31(39)36-18-16-35(17-19-36)24-12-14-34-15-13-24/h3-15,20-21,30H,16-19H2,1-2H3. The molecule has 232 valence electrons. The summed E-state index contributed by atoms with van der Waals surface area (Å²) in [6, 6.07) is 19.7. The van der Waals surface area contributed by atoms with Gasteiger partial charge in [-0.1, -0.05) is 23.7 Å². The molecule has 0 radical (unpaired) electrons. The second-order valence-corrected chi connectivity index (χ2v) is 12.7. The number of nitrogens with zero attached hydrogens (tertiary/aromatic N) is 5. The fourth-order valence-electron chi connectivity index (χ4n) is 5.63. The first-order valence-corrected chi connectivity index (χ1v) is 15.9. The number of aromatic nitrogens is 3. The number of hydrogen-bond donors (Lipinski definition) is 0. The van der Waals surface area contributed by atoms with Crippen molar-refractivity contribution in [3.63, 3.8) is 0 Å². The highest BCUT2D eigenvalue weighted by atomic mass is 35.5. The number of imidazole rings is 1. The number of pyridine rings is 1. The molecule has 0 saturated carbocycles. The van der Waals surface area contributed by atoms with Crippen molar-refractivity contribution in [3.05, 3.63) is 112 Å². The second kappa shape index (κ2) is 12.3. The van der Waals surface area contributed by atoms with Crippen molar-refractivity contribution in [3.8, 4) is 11.5 Å². The number of rotatable bonds is 8. The number of carbonyl (C=O) groups excluding carboxylic acids is 1. The topological polar surface area (TPSA) is 116 Å². The molecule has 0 N–H and O–H groups in total. The van der Waals surface area contributed by atoms with Crippen molar-refractivity contribution < 1.29 is 22.7 Å². The van der Waals surface area contributed by atoms with Gasteiger partial charge in [0.25, 0.3) is 15.9 Å². The van der Waals surface area contributed by atoms with Gasteiger partial charge in [-0.3, -0.25) is 14.3 Å². The van der Waals surface area contributed by atoms with Crippen LogP contribution < -0.4 is 20.1 Å². The Labute approximate surface area is 264 Å². The van der Waals surface area contributed by atoms with E-state index in [0.717, 1.165) is 9.66 Å². The summed E-state index contributed by atoms with van der Waals surface area (Å²) >= 11 is 6.40. The smallest absolute Gasteiger partial charge is 0.344 e. The quantitative estimate of drug-likeness (QED) is 0.248. The molecule has 1 aliphatic heterocycles. The predicted molar refractivity (Wildman–Crippen MR) is 171 cm³/mol. The minimum Gasteiger partial charge on any atom is -0.497 e. The van der Waals surface area contributed by atoms with Crippen LogP contribution in [0.25, 0.3) is 11.0 Å². The largest absolute Gasteiger partial charge is 0.497 e. The van der Waals surface area contributed by atoms with E-state index in [2.05, 4.69) is 9.88 Å². The number of methoxy groups -OCH3 is 2. The zero-order valence-corrected chi connectivity index (χ0v) is 26.1. The SMILES string of the molecule is COc1ccc(S(=O)(=O)n2c(=O)n(C(C(=O)N3CCN(c4ccncc4)CC3)c3cccc(OC)c3)c3cc(Cl)ccc32)cc1. The summed E-state index contributed by atoms with van der Waals surface area (Å²) < 4.78 is 40.6. The van der Waals surface area contributed by atoms with Crippen LogP contribution in [0.1, 0.15) is 11.6 Å². The molecule has 3 aromatic carbocycles. The third-order valence-electron chi connectivity index (χ3n) is 7.91. The van der Waals surface area contributed by atoms with E-state index >= 15 is 0 Å². The van der Waals surface area contributed by atoms with Crippen molar-refractivity contribution in [1.29, 1.82) is 0 Å². The van der Waals surface area contributed by atoms with Gasteiger partial charge in [-0.2, -0.15) is 3.97 Å². The molecule has 5 aromatic rings. The van der Waals surface area contributed by atoms with Crippen molar-refractivity contribution in [1.82, 2.24) is 18.4 Å². The molecule has 1 unspecified atom stereocenters. The van der Waals surface area contributed by atoms with E-state index in [4.69, 9.17) is 21.1 Å². The molecule has 1 fully saturated rings. The lowest BCUT2D eigenvalue weighted by atomic mass is 10.0. The van der Waals surface area contributed by atoms with E-state index in [-0.39, 0.29) is 26.9 Å². The number of amides is 1. The van der Waals surface area contributed by atoms with Crippen molar-refractivity contribution in [2.24, 2.45) is 0 Å². The highest BCUT2D eigenvalue weighted by molar-refractivity contribution is 7.90. The first kappa shape index (κ1) is 30.2. The number of halogens is 1. The number of anilines is 1. The van der Waals surface area contributed by atoms with Gasteiger partial charge in [-0.05, 0) is 72.3 Å². The Morgan fingerprint density at radius 2 is 1.53 bits per heavy atom. The van der Waals surface area contributed by atoms with Gasteiger partial charge in [0.15, 0.2) is 0 Å². The van der Waals surface area contributed by atoms with E-state index in [0.29, 0.717) is 43.2 Å². The van der Waals surface area contributed by atoms with Crippen LogP contribution in [0, 0.1) is 0 Å². The van der Waals surface area contributed by atoms with Gasteiger partial charge in [0.05, 0.1) is 30.1 Å². The Bertz CT molecular complexity index is 2020. The lowest BCUT2D eigenvalue weighted by molar-refractivity contribution is -0.133. The van der Waals surface area contributed by atoms with Gasteiger partial charge in [-0.25, -0.2) is 13.2 Å². The molecule has 1 amide bonds. The maximum atomic E-state index is 14.5. The van der Waals surface area contributed by atoms with Crippen molar-refractivity contribution in [2.75, 3.05) is 45.3 Å². The van der Waals surface area contributed by atoms with Gasteiger partial charge in [0.1, 0.15) is 17.5 Å².